The van der Waals surface area contributed by atoms with Crippen LogP contribution in [0.1, 0.15) is 32.1 Å². The summed E-state index contributed by atoms with van der Waals surface area (Å²) in [5, 5.41) is 11.0. The number of hydrogen-bond acceptors (Lipinski definition) is 3. The molecule has 0 saturated heterocycles. The first kappa shape index (κ1) is 17.7. The smallest absolute Gasteiger partial charge is 0.392 e. The molecule has 2 N–H and O–H groups in total. The molecule has 1 amide bonds. The molecule has 1 saturated carbocycles. The fraction of sp³-hybridized carbons (Fsp3) is 0.846. The third-order valence-electron chi connectivity index (χ3n) is 3.76. The van der Waals surface area contributed by atoms with Gasteiger partial charge in [-0.05, 0) is 12.8 Å². The van der Waals surface area contributed by atoms with Crippen LogP contribution >= 0.6 is 0 Å². The second-order valence-corrected chi connectivity index (χ2v) is 5.24. The van der Waals surface area contributed by atoms with Crippen LogP contribution in [0.2, 0.25) is 0 Å². The first-order valence-electron chi connectivity index (χ1n) is 6.84. The Labute approximate surface area is 120 Å². The first-order valence-corrected chi connectivity index (χ1v) is 6.84. The Balaban J connectivity index is 2.58. The fourth-order valence-electron chi connectivity index (χ4n) is 2.62. The summed E-state index contributed by atoms with van der Waals surface area (Å²) in [4.78, 5) is 22.5. The maximum Gasteiger partial charge on any atom is 0.392 e. The van der Waals surface area contributed by atoms with Crippen molar-refractivity contribution in [2.75, 3.05) is 13.7 Å². The number of rotatable bonds is 6. The normalized spacial score (nSPS) is 24.4. The number of carboxylic acid groups (broad SMARTS) is 1. The number of amides is 1. The lowest BCUT2D eigenvalue weighted by molar-refractivity contribution is -0.198. The number of ether oxygens (including phenoxy) is 1. The summed E-state index contributed by atoms with van der Waals surface area (Å²) in [6.45, 7) is -0.108. The summed E-state index contributed by atoms with van der Waals surface area (Å²) in [7, 11) is 1.29. The monoisotopic (exact) mass is 311 g/mol. The number of nitrogens with one attached hydrogen (secondary N) is 1. The highest BCUT2D eigenvalue weighted by Crippen LogP contribution is 2.41. The topological polar surface area (TPSA) is 75.6 Å². The molecular formula is C13H20F3NO4. The Morgan fingerprint density at radius 1 is 1.33 bits per heavy atom. The van der Waals surface area contributed by atoms with E-state index in [1.165, 1.54) is 7.11 Å². The third kappa shape index (κ3) is 5.53. The van der Waals surface area contributed by atoms with Gasteiger partial charge in [-0.1, -0.05) is 12.8 Å². The van der Waals surface area contributed by atoms with Crippen LogP contribution in [0.25, 0.3) is 0 Å². The summed E-state index contributed by atoms with van der Waals surface area (Å²) in [6, 6.07) is 0. The van der Waals surface area contributed by atoms with Crippen LogP contribution in [0.4, 0.5) is 13.2 Å². The van der Waals surface area contributed by atoms with Gasteiger partial charge in [-0.2, -0.15) is 13.2 Å². The molecule has 1 aliphatic carbocycles. The van der Waals surface area contributed by atoms with Gasteiger partial charge in [-0.3, -0.25) is 9.59 Å². The van der Waals surface area contributed by atoms with Crippen LogP contribution in [0.15, 0.2) is 0 Å². The molecule has 0 bridgehead atoms. The average molecular weight is 311 g/mol. The zero-order valence-corrected chi connectivity index (χ0v) is 11.8. The molecule has 5 nitrogen and oxygen atoms in total. The minimum atomic E-state index is -4.38. The van der Waals surface area contributed by atoms with Crippen LogP contribution in [-0.4, -0.2) is 42.9 Å². The standard InChI is InChI=1S/C13H20F3NO4/c1-21-8(6-11(18)19)7-17-12(20)9-4-2-3-5-10(9)13(14,15)16/h8-10H,2-7H2,1H3,(H,17,20)(H,18,19). The molecule has 0 heterocycles. The summed E-state index contributed by atoms with van der Waals surface area (Å²) >= 11 is 0. The Bertz CT molecular complexity index is 373. The van der Waals surface area contributed by atoms with E-state index in [4.69, 9.17) is 9.84 Å². The molecule has 0 aromatic heterocycles. The molecule has 21 heavy (non-hydrogen) atoms. The van der Waals surface area contributed by atoms with Crippen LogP contribution in [0, 0.1) is 11.8 Å². The van der Waals surface area contributed by atoms with Crippen molar-refractivity contribution in [1.82, 2.24) is 5.32 Å². The van der Waals surface area contributed by atoms with Crippen LogP contribution in [0.3, 0.4) is 0 Å². The lowest BCUT2D eigenvalue weighted by Crippen LogP contribution is -2.44. The average Bonchev–Trinajstić information content (AvgIpc) is 2.41. The van der Waals surface area contributed by atoms with Crippen molar-refractivity contribution >= 4 is 11.9 Å². The van der Waals surface area contributed by atoms with Crippen molar-refractivity contribution in [2.45, 2.75) is 44.4 Å². The zero-order chi connectivity index (χ0) is 16.0. The fourth-order valence-corrected chi connectivity index (χ4v) is 2.62. The predicted octanol–water partition coefficient (Wildman–Crippen LogP) is 1.96. The number of aliphatic carboxylic acids is 1. The van der Waals surface area contributed by atoms with E-state index in [-0.39, 0.29) is 25.8 Å². The van der Waals surface area contributed by atoms with Gasteiger partial charge in [0.1, 0.15) is 0 Å². The number of methoxy groups -OCH3 is 1. The van der Waals surface area contributed by atoms with E-state index in [0.717, 1.165) is 0 Å². The summed E-state index contributed by atoms with van der Waals surface area (Å²) in [6.07, 6.45) is -4.23. The molecular weight excluding hydrogens is 291 g/mol. The molecule has 0 aromatic rings. The largest absolute Gasteiger partial charge is 0.481 e. The zero-order valence-electron chi connectivity index (χ0n) is 11.8. The second-order valence-electron chi connectivity index (χ2n) is 5.24. The van der Waals surface area contributed by atoms with Crippen molar-refractivity contribution < 1.29 is 32.6 Å². The van der Waals surface area contributed by atoms with E-state index in [1.807, 2.05) is 0 Å². The number of carboxylic acids is 1. The van der Waals surface area contributed by atoms with Crippen molar-refractivity contribution in [3.8, 4) is 0 Å². The van der Waals surface area contributed by atoms with Gasteiger partial charge < -0.3 is 15.2 Å². The van der Waals surface area contributed by atoms with Gasteiger partial charge in [0.2, 0.25) is 5.91 Å². The molecule has 0 radical (unpaired) electrons. The predicted molar refractivity (Wildman–Crippen MR) is 67.6 cm³/mol. The van der Waals surface area contributed by atoms with E-state index in [1.54, 1.807) is 0 Å². The number of halogens is 3. The highest BCUT2D eigenvalue weighted by molar-refractivity contribution is 5.79. The quantitative estimate of drug-likeness (QED) is 0.786. The minimum Gasteiger partial charge on any atom is -0.481 e. The Morgan fingerprint density at radius 3 is 2.48 bits per heavy atom. The van der Waals surface area contributed by atoms with Crippen molar-refractivity contribution in [3.63, 3.8) is 0 Å². The number of hydrogen-bond donors (Lipinski definition) is 2. The molecule has 122 valence electrons. The van der Waals surface area contributed by atoms with E-state index in [9.17, 15) is 22.8 Å². The van der Waals surface area contributed by atoms with Crippen LogP contribution in [0.5, 0.6) is 0 Å². The van der Waals surface area contributed by atoms with Gasteiger partial charge in [-0.25, -0.2) is 0 Å². The molecule has 0 aromatic carbocycles. The summed E-state index contributed by atoms with van der Waals surface area (Å²) in [5.41, 5.74) is 0. The highest BCUT2D eigenvalue weighted by Gasteiger charge is 2.47. The number of carbonyl (C=O) groups excluding carboxylic acids is 1. The first-order chi connectivity index (χ1) is 9.75. The number of alkyl halides is 3. The van der Waals surface area contributed by atoms with Crippen LogP contribution in [-0.2, 0) is 14.3 Å². The van der Waals surface area contributed by atoms with Gasteiger partial charge in [0.25, 0.3) is 0 Å². The Morgan fingerprint density at radius 2 is 1.95 bits per heavy atom. The lowest BCUT2D eigenvalue weighted by Gasteiger charge is -2.32. The number of carbonyl (C=O) groups is 2. The maximum absolute atomic E-state index is 12.9. The molecule has 3 unspecified atom stereocenters. The SMILES string of the molecule is COC(CNC(=O)C1CCCCC1C(F)(F)F)CC(=O)O. The maximum atomic E-state index is 12.9. The van der Waals surface area contributed by atoms with Crippen molar-refractivity contribution in [3.05, 3.63) is 0 Å². The lowest BCUT2D eigenvalue weighted by atomic mass is 9.78. The third-order valence-corrected chi connectivity index (χ3v) is 3.76. The van der Waals surface area contributed by atoms with Gasteiger partial charge in [0.05, 0.1) is 18.4 Å². The van der Waals surface area contributed by atoms with Gasteiger partial charge in [-0.15, -0.1) is 0 Å². The second kappa shape index (κ2) is 7.63. The van der Waals surface area contributed by atoms with E-state index in [0.29, 0.717) is 12.8 Å². The van der Waals surface area contributed by atoms with Crippen LogP contribution < -0.4 is 5.32 Å². The van der Waals surface area contributed by atoms with Crippen molar-refractivity contribution in [1.29, 1.82) is 0 Å². The molecule has 8 heteroatoms. The summed E-state index contributed by atoms with van der Waals surface area (Å²) < 4.78 is 43.6. The molecule has 1 aliphatic rings. The molecule has 0 aliphatic heterocycles. The van der Waals surface area contributed by atoms with Crippen molar-refractivity contribution in [2.24, 2.45) is 11.8 Å². The Hall–Kier alpha value is -1.31. The van der Waals surface area contributed by atoms with E-state index >= 15 is 0 Å². The molecule has 3 atom stereocenters. The van der Waals surface area contributed by atoms with Gasteiger partial charge in [0, 0.05) is 19.6 Å². The summed E-state index contributed by atoms with van der Waals surface area (Å²) in [5.74, 6) is -4.49. The molecule has 0 spiro atoms. The van der Waals surface area contributed by atoms with E-state index < -0.39 is 36.0 Å². The minimum absolute atomic E-state index is 0.0373. The van der Waals surface area contributed by atoms with Gasteiger partial charge in [0.15, 0.2) is 0 Å². The molecule has 1 rings (SSSR count). The molecule has 1 fully saturated rings. The van der Waals surface area contributed by atoms with Gasteiger partial charge >= 0.3 is 12.1 Å². The highest BCUT2D eigenvalue weighted by atomic mass is 19.4. The Kier molecular flexibility index (Phi) is 6.44. The van der Waals surface area contributed by atoms with E-state index in [2.05, 4.69) is 5.32 Å².